The van der Waals surface area contributed by atoms with E-state index in [0.717, 1.165) is 9.79 Å². The number of rotatable bonds is 5. The highest BCUT2D eigenvalue weighted by Crippen LogP contribution is 2.32. The van der Waals surface area contributed by atoms with Crippen LogP contribution in [-0.4, -0.2) is 13.0 Å². The molecule has 0 heterocycles. The Labute approximate surface area is 155 Å². The molecule has 0 radical (unpaired) electrons. The Balaban J connectivity index is 1.85. The summed E-state index contributed by atoms with van der Waals surface area (Å²) in [5, 5.41) is 2.78. The number of carbonyl (C=O) groups is 1. The number of ether oxygens (including phenoxy) is 1. The molecule has 1 amide bonds. The molecule has 3 N–H and O–H groups in total. The maximum atomic E-state index is 13.3. The van der Waals surface area contributed by atoms with Gasteiger partial charge in [-0.1, -0.05) is 23.9 Å². The van der Waals surface area contributed by atoms with Crippen LogP contribution >= 0.6 is 11.8 Å². The molecule has 0 aliphatic carbocycles. The number of methoxy groups -OCH3 is 1. The van der Waals surface area contributed by atoms with E-state index in [0.29, 0.717) is 16.9 Å². The molecule has 0 aromatic heterocycles. The molecule has 0 aliphatic rings. The topological polar surface area (TPSA) is 64.3 Å². The Bertz CT molecular complexity index is 929. The monoisotopic (exact) mass is 368 g/mol. The van der Waals surface area contributed by atoms with Crippen LogP contribution in [0.25, 0.3) is 0 Å². The summed E-state index contributed by atoms with van der Waals surface area (Å²) >= 11 is 1.47. The molecule has 26 heavy (non-hydrogen) atoms. The van der Waals surface area contributed by atoms with Crippen LogP contribution in [0.5, 0.6) is 5.75 Å². The maximum Gasteiger partial charge on any atom is 0.256 e. The Morgan fingerprint density at radius 2 is 1.81 bits per heavy atom. The van der Waals surface area contributed by atoms with Gasteiger partial charge in [-0.05, 0) is 48.5 Å². The van der Waals surface area contributed by atoms with Crippen LogP contribution in [0.1, 0.15) is 10.4 Å². The van der Waals surface area contributed by atoms with Gasteiger partial charge in [-0.3, -0.25) is 4.79 Å². The van der Waals surface area contributed by atoms with Crippen LogP contribution in [0.3, 0.4) is 0 Å². The Morgan fingerprint density at radius 1 is 1.08 bits per heavy atom. The first-order valence-corrected chi connectivity index (χ1v) is 8.66. The van der Waals surface area contributed by atoms with E-state index in [4.69, 9.17) is 10.5 Å². The molecule has 0 saturated heterocycles. The van der Waals surface area contributed by atoms with Crippen molar-refractivity contribution in [1.82, 2.24) is 0 Å². The van der Waals surface area contributed by atoms with Gasteiger partial charge in [0.15, 0.2) is 0 Å². The highest BCUT2D eigenvalue weighted by Gasteiger charge is 2.14. The molecule has 4 nitrogen and oxygen atoms in total. The average molecular weight is 368 g/mol. The lowest BCUT2D eigenvalue weighted by atomic mass is 10.2. The van der Waals surface area contributed by atoms with Crippen molar-refractivity contribution in [3.8, 4) is 5.75 Å². The summed E-state index contributed by atoms with van der Waals surface area (Å²) in [6, 6.07) is 18.7. The molecule has 0 atom stereocenters. The van der Waals surface area contributed by atoms with E-state index in [9.17, 15) is 9.18 Å². The van der Waals surface area contributed by atoms with Gasteiger partial charge < -0.3 is 15.8 Å². The standard InChI is InChI=1S/C20H17FN2O2S/c1-25-18-12-13(21)6-11-17(18)23-20(24)16-4-2-3-5-19(16)26-15-9-7-14(22)8-10-15/h2-12H,22H2,1H3,(H,23,24). The first kappa shape index (κ1) is 17.8. The van der Waals surface area contributed by atoms with Crippen LogP contribution in [0.4, 0.5) is 15.8 Å². The van der Waals surface area contributed by atoms with Crippen molar-refractivity contribution in [2.24, 2.45) is 0 Å². The van der Waals surface area contributed by atoms with Gasteiger partial charge in [0.25, 0.3) is 5.91 Å². The van der Waals surface area contributed by atoms with E-state index in [1.165, 1.54) is 37.1 Å². The summed E-state index contributed by atoms with van der Waals surface area (Å²) in [5.41, 5.74) is 7.32. The molecule has 0 saturated carbocycles. The number of nitrogen functional groups attached to an aromatic ring is 1. The van der Waals surface area contributed by atoms with E-state index >= 15 is 0 Å². The van der Waals surface area contributed by atoms with Crippen LogP contribution in [0.15, 0.2) is 76.5 Å². The lowest BCUT2D eigenvalue weighted by molar-refractivity contribution is 0.102. The smallest absolute Gasteiger partial charge is 0.256 e. The first-order valence-electron chi connectivity index (χ1n) is 7.84. The van der Waals surface area contributed by atoms with Gasteiger partial charge in [0.05, 0.1) is 18.4 Å². The van der Waals surface area contributed by atoms with Gasteiger partial charge in [0.1, 0.15) is 11.6 Å². The lowest BCUT2D eigenvalue weighted by Crippen LogP contribution is -2.13. The molecule has 132 valence electrons. The highest BCUT2D eigenvalue weighted by molar-refractivity contribution is 7.99. The van der Waals surface area contributed by atoms with E-state index in [1.54, 1.807) is 12.1 Å². The second-order valence-corrected chi connectivity index (χ2v) is 6.58. The van der Waals surface area contributed by atoms with Crippen molar-refractivity contribution in [3.05, 3.63) is 78.1 Å². The second kappa shape index (κ2) is 7.93. The van der Waals surface area contributed by atoms with Crippen LogP contribution < -0.4 is 15.8 Å². The second-order valence-electron chi connectivity index (χ2n) is 5.47. The number of amides is 1. The largest absolute Gasteiger partial charge is 0.494 e. The lowest BCUT2D eigenvalue weighted by Gasteiger charge is -2.12. The van der Waals surface area contributed by atoms with Crippen LogP contribution in [0, 0.1) is 5.82 Å². The predicted octanol–water partition coefficient (Wildman–Crippen LogP) is 4.82. The molecule has 3 aromatic carbocycles. The van der Waals surface area contributed by atoms with Crippen molar-refractivity contribution in [2.75, 3.05) is 18.2 Å². The third-order valence-corrected chi connectivity index (χ3v) is 4.74. The Kier molecular flexibility index (Phi) is 5.43. The number of anilines is 2. The van der Waals surface area contributed by atoms with Crippen LogP contribution in [0.2, 0.25) is 0 Å². The van der Waals surface area contributed by atoms with Gasteiger partial charge in [-0.2, -0.15) is 0 Å². The Hall–Kier alpha value is -2.99. The summed E-state index contributed by atoms with van der Waals surface area (Å²) in [7, 11) is 1.43. The summed E-state index contributed by atoms with van der Waals surface area (Å²) < 4.78 is 18.5. The number of benzene rings is 3. The van der Waals surface area contributed by atoms with Gasteiger partial charge in [0, 0.05) is 21.5 Å². The quantitative estimate of drug-likeness (QED) is 0.634. The minimum atomic E-state index is -0.431. The molecule has 0 spiro atoms. The molecule has 0 fully saturated rings. The summed E-state index contributed by atoms with van der Waals surface area (Å²) in [4.78, 5) is 14.5. The number of halogens is 1. The van der Waals surface area contributed by atoms with Gasteiger partial charge in [0.2, 0.25) is 0 Å². The minimum absolute atomic E-state index is 0.266. The number of nitrogens with one attached hydrogen (secondary N) is 1. The number of carbonyl (C=O) groups excluding carboxylic acids is 1. The summed E-state index contributed by atoms with van der Waals surface area (Å²) in [5.74, 6) is -0.463. The SMILES string of the molecule is COc1cc(F)ccc1NC(=O)c1ccccc1Sc1ccc(N)cc1. The van der Waals surface area contributed by atoms with Gasteiger partial charge in [-0.15, -0.1) is 0 Å². The fourth-order valence-corrected chi connectivity index (χ4v) is 3.31. The fraction of sp³-hybridized carbons (Fsp3) is 0.0500. The molecule has 0 bridgehead atoms. The summed E-state index contributed by atoms with van der Waals surface area (Å²) in [6.07, 6.45) is 0. The molecular weight excluding hydrogens is 351 g/mol. The first-order chi connectivity index (χ1) is 12.6. The normalized spacial score (nSPS) is 10.4. The van der Waals surface area contributed by atoms with E-state index in [2.05, 4.69) is 5.32 Å². The molecule has 3 aromatic rings. The summed E-state index contributed by atoms with van der Waals surface area (Å²) in [6.45, 7) is 0. The minimum Gasteiger partial charge on any atom is -0.494 e. The Morgan fingerprint density at radius 3 is 2.54 bits per heavy atom. The van der Waals surface area contributed by atoms with Gasteiger partial charge in [-0.25, -0.2) is 4.39 Å². The van der Waals surface area contributed by atoms with Crippen LogP contribution in [-0.2, 0) is 0 Å². The molecule has 0 unspecified atom stereocenters. The predicted molar refractivity (Wildman–Crippen MR) is 102 cm³/mol. The zero-order chi connectivity index (χ0) is 18.5. The number of hydrogen-bond donors (Lipinski definition) is 2. The molecule has 3 rings (SSSR count). The van der Waals surface area contributed by atoms with E-state index in [-0.39, 0.29) is 11.7 Å². The van der Waals surface area contributed by atoms with Crippen molar-refractivity contribution in [2.45, 2.75) is 9.79 Å². The molecule has 6 heteroatoms. The fourth-order valence-electron chi connectivity index (χ4n) is 2.36. The van der Waals surface area contributed by atoms with E-state index in [1.807, 2.05) is 36.4 Å². The highest BCUT2D eigenvalue weighted by atomic mass is 32.2. The van der Waals surface area contributed by atoms with E-state index < -0.39 is 5.82 Å². The zero-order valence-corrected chi connectivity index (χ0v) is 14.8. The van der Waals surface area contributed by atoms with Crippen molar-refractivity contribution >= 4 is 29.0 Å². The number of nitrogens with two attached hydrogens (primary N) is 1. The maximum absolute atomic E-state index is 13.3. The third-order valence-electron chi connectivity index (χ3n) is 3.65. The van der Waals surface area contributed by atoms with Crippen molar-refractivity contribution < 1.29 is 13.9 Å². The molecular formula is C20H17FN2O2S. The van der Waals surface area contributed by atoms with Crippen molar-refractivity contribution in [3.63, 3.8) is 0 Å². The zero-order valence-electron chi connectivity index (χ0n) is 14.0. The average Bonchev–Trinajstić information content (AvgIpc) is 2.65. The molecule has 0 aliphatic heterocycles. The number of hydrogen-bond acceptors (Lipinski definition) is 4. The third kappa shape index (κ3) is 4.15. The van der Waals surface area contributed by atoms with Crippen molar-refractivity contribution in [1.29, 1.82) is 0 Å². The van der Waals surface area contributed by atoms with Gasteiger partial charge >= 0.3 is 0 Å².